The van der Waals surface area contributed by atoms with Crippen LogP contribution < -0.4 is 5.32 Å². The van der Waals surface area contributed by atoms with E-state index in [0.29, 0.717) is 4.88 Å². The first-order chi connectivity index (χ1) is 9.47. The van der Waals surface area contributed by atoms with Crippen LogP contribution in [0, 0.1) is 0 Å². The van der Waals surface area contributed by atoms with Gasteiger partial charge in [-0.05, 0) is 23.8 Å². The third kappa shape index (κ3) is 3.51. The maximum atomic E-state index is 12.0. The number of hydrogen-bond acceptors (Lipinski definition) is 5. The molecule has 1 aromatic heterocycles. The molecule has 3 N–H and O–H groups in total. The lowest BCUT2D eigenvalue weighted by Gasteiger charge is -2.11. The van der Waals surface area contributed by atoms with Gasteiger partial charge in [0.2, 0.25) is 0 Å². The summed E-state index contributed by atoms with van der Waals surface area (Å²) in [5.41, 5.74) is 1.11. The van der Waals surface area contributed by atoms with Gasteiger partial charge in [-0.25, -0.2) is 4.79 Å². The molecule has 0 aromatic carbocycles. The van der Waals surface area contributed by atoms with E-state index in [0.717, 1.165) is 28.4 Å². The van der Waals surface area contributed by atoms with Crippen molar-refractivity contribution >= 4 is 40.9 Å². The Bertz CT molecular complexity index is 531. The highest BCUT2D eigenvalue weighted by molar-refractivity contribution is 7.98. The number of nitrogens with one attached hydrogen (secondary N) is 1. The van der Waals surface area contributed by atoms with E-state index in [1.165, 1.54) is 11.3 Å². The number of aryl methyl sites for hydroxylation is 1. The lowest BCUT2D eigenvalue weighted by atomic mass is 10.2. The van der Waals surface area contributed by atoms with Crippen molar-refractivity contribution in [2.24, 2.45) is 0 Å². The fourth-order valence-corrected chi connectivity index (χ4v) is 4.14. The van der Waals surface area contributed by atoms with Crippen LogP contribution in [0.1, 0.15) is 26.5 Å². The number of carbonyl (C=O) groups excluding carboxylic acids is 1. The minimum atomic E-state index is -1.41. The second-order valence-corrected chi connectivity index (χ2v) is 6.57. The van der Waals surface area contributed by atoms with Gasteiger partial charge in [0.1, 0.15) is 6.04 Å². The van der Waals surface area contributed by atoms with Gasteiger partial charge in [0.05, 0.1) is 11.3 Å². The maximum absolute atomic E-state index is 12.0. The average Bonchev–Trinajstić information content (AvgIpc) is 2.81. The SMILES string of the molecule is O=C(O)C[C@@H](NC(=O)c1cc2c(s1)CCSC2)C(=O)O. The van der Waals surface area contributed by atoms with Crippen molar-refractivity contribution in [3.8, 4) is 0 Å². The second kappa shape index (κ2) is 6.27. The number of hydrogen-bond donors (Lipinski definition) is 3. The minimum absolute atomic E-state index is 0.439. The quantitative estimate of drug-likeness (QED) is 0.754. The van der Waals surface area contributed by atoms with Gasteiger partial charge in [-0.2, -0.15) is 11.8 Å². The molecule has 2 heterocycles. The molecule has 1 aliphatic heterocycles. The first kappa shape index (κ1) is 14.9. The zero-order valence-electron chi connectivity index (χ0n) is 10.4. The number of carbonyl (C=O) groups is 3. The Balaban J connectivity index is 2.08. The van der Waals surface area contributed by atoms with Crippen LogP contribution in [0.25, 0.3) is 0 Å². The van der Waals surface area contributed by atoms with Crippen molar-refractivity contribution in [1.29, 1.82) is 0 Å². The number of carboxylic acids is 2. The molecule has 20 heavy (non-hydrogen) atoms. The smallest absolute Gasteiger partial charge is 0.326 e. The van der Waals surface area contributed by atoms with E-state index in [4.69, 9.17) is 10.2 Å². The Kier molecular flexibility index (Phi) is 4.66. The highest BCUT2D eigenvalue weighted by Crippen LogP contribution is 2.31. The zero-order chi connectivity index (χ0) is 14.7. The van der Waals surface area contributed by atoms with Crippen LogP contribution in [-0.2, 0) is 21.8 Å². The Hall–Kier alpha value is -1.54. The Morgan fingerprint density at radius 1 is 1.35 bits per heavy atom. The number of thioether (sulfide) groups is 1. The summed E-state index contributed by atoms with van der Waals surface area (Å²) in [6.45, 7) is 0. The first-order valence-electron chi connectivity index (χ1n) is 5.92. The fourth-order valence-electron chi connectivity index (χ4n) is 1.86. The van der Waals surface area contributed by atoms with Gasteiger partial charge in [0.25, 0.3) is 5.91 Å². The summed E-state index contributed by atoms with van der Waals surface area (Å²) in [6.07, 6.45) is 0.275. The molecular formula is C12H13NO5S2. The summed E-state index contributed by atoms with van der Waals surface area (Å²) >= 11 is 3.14. The van der Waals surface area contributed by atoms with E-state index in [9.17, 15) is 14.4 Å². The van der Waals surface area contributed by atoms with Gasteiger partial charge >= 0.3 is 11.9 Å². The van der Waals surface area contributed by atoms with Crippen LogP contribution >= 0.6 is 23.1 Å². The van der Waals surface area contributed by atoms with Crippen LogP contribution in [0.3, 0.4) is 0 Å². The molecule has 1 aromatic rings. The van der Waals surface area contributed by atoms with Gasteiger partial charge in [0.15, 0.2) is 0 Å². The van der Waals surface area contributed by atoms with E-state index >= 15 is 0 Å². The summed E-state index contributed by atoms with van der Waals surface area (Å²) in [7, 11) is 0. The molecule has 8 heteroatoms. The highest BCUT2D eigenvalue weighted by Gasteiger charge is 2.25. The third-order valence-corrected chi connectivity index (χ3v) is 5.08. The normalized spacial score (nSPS) is 15.2. The summed E-state index contributed by atoms with van der Waals surface area (Å²) in [5, 5.41) is 19.8. The first-order valence-corrected chi connectivity index (χ1v) is 7.89. The molecule has 0 radical (unpaired) electrons. The van der Waals surface area contributed by atoms with E-state index in [1.807, 2.05) is 0 Å². The number of thiophene rings is 1. The van der Waals surface area contributed by atoms with Crippen molar-refractivity contribution in [2.75, 3.05) is 5.75 Å². The van der Waals surface area contributed by atoms with E-state index in [1.54, 1.807) is 17.8 Å². The highest BCUT2D eigenvalue weighted by atomic mass is 32.2. The number of fused-ring (bicyclic) bond motifs is 1. The van der Waals surface area contributed by atoms with E-state index in [2.05, 4.69) is 5.32 Å². The third-order valence-electron chi connectivity index (χ3n) is 2.83. The largest absolute Gasteiger partial charge is 0.481 e. The van der Waals surface area contributed by atoms with Gasteiger partial charge in [-0.1, -0.05) is 0 Å². The van der Waals surface area contributed by atoms with Gasteiger partial charge in [0, 0.05) is 10.6 Å². The number of aliphatic carboxylic acids is 2. The molecule has 0 bridgehead atoms. The topological polar surface area (TPSA) is 104 Å². The molecule has 108 valence electrons. The predicted molar refractivity (Wildman–Crippen MR) is 75.3 cm³/mol. The Morgan fingerprint density at radius 2 is 2.10 bits per heavy atom. The van der Waals surface area contributed by atoms with Crippen molar-refractivity contribution in [2.45, 2.75) is 24.6 Å². The van der Waals surface area contributed by atoms with Crippen molar-refractivity contribution in [1.82, 2.24) is 5.32 Å². The van der Waals surface area contributed by atoms with Gasteiger partial charge < -0.3 is 15.5 Å². The summed E-state index contributed by atoms with van der Waals surface area (Å²) in [5.74, 6) is -1.26. The summed E-state index contributed by atoms with van der Waals surface area (Å²) < 4.78 is 0. The molecule has 2 rings (SSSR count). The molecular weight excluding hydrogens is 302 g/mol. The lowest BCUT2D eigenvalue weighted by Crippen LogP contribution is -2.41. The van der Waals surface area contributed by atoms with Crippen molar-refractivity contribution < 1.29 is 24.6 Å². The number of rotatable bonds is 5. The molecule has 0 saturated carbocycles. The summed E-state index contributed by atoms with van der Waals surface area (Å²) in [6, 6.07) is 0.356. The van der Waals surface area contributed by atoms with Gasteiger partial charge in [-0.3, -0.25) is 9.59 Å². The monoisotopic (exact) mass is 315 g/mol. The molecule has 0 spiro atoms. The average molecular weight is 315 g/mol. The lowest BCUT2D eigenvalue weighted by molar-refractivity contribution is -0.145. The molecule has 1 atom stereocenters. The summed E-state index contributed by atoms with van der Waals surface area (Å²) in [4.78, 5) is 35.1. The molecule has 0 saturated heterocycles. The molecule has 1 amide bonds. The van der Waals surface area contributed by atoms with Crippen LogP contribution in [0.4, 0.5) is 0 Å². The predicted octanol–water partition coefficient (Wildman–Crippen LogP) is 1.20. The Morgan fingerprint density at radius 3 is 2.70 bits per heavy atom. The van der Waals surface area contributed by atoms with Crippen LogP contribution in [0.5, 0.6) is 0 Å². The minimum Gasteiger partial charge on any atom is -0.481 e. The number of carboxylic acid groups (broad SMARTS) is 2. The molecule has 0 fully saturated rings. The van der Waals surface area contributed by atoms with Crippen LogP contribution in [0.2, 0.25) is 0 Å². The van der Waals surface area contributed by atoms with Gasteiger partial charge in [-0.15, -0.1) is 11.3 Å². The van der Waals surface area contributed by atoms with Crippen LogP contribution in [-0.4, -0.2) is 39.9 Å². The second-order valence-electron chi connectivity index (χ2n) is 4.32. The maximum Gasteiger partial charge on any atom is 0.326 e. The molecule has 1 aliphatic rings. The molecule has 6 nitrogen and oxygen atoms in total. The van der Waals surface area contributed by atoms with Crippen molar-refractivity contribution in [3.63, 3.8) is 0 Å². The fraction of sp³-hybridized carbons (Fsp3) is 0.417. The Labute approximate surface area is 123 Å². The number of amides is 1. The van der Waals surface area contributed by atoms with E-state index < -0.39 is 30.3 Å². The molecule has 0 unspecified atom stereocenters. The van der Waals surface area contributed by atoms with Crippen molar-refractivity contribution in [3.05, 3.63) is 21.4 Å². The van der Waals surface area contributed by atoms with E-state index in [-0.39, 0.29) is 0 Å². The standard InChI is InChI=1S/C12H13NO5S2/c14-10(15)4-7(12(17)18)13-11(16)9-3-6-5-19-2-1-8(6)20-9/h3,7H,1-2,4-5H2,(H,13,16)(H,14,15)(H,17,18)/t7-/m1/s1. The zero-order valence-corrected chi connectivity index (χ0v) is 12.1. The van der Waals surface area contributed by atoms with Crippen LogP contribution in [0.15, 0.2) is 6.07 Å². The molecule has 0 aliphatic carbocycles.